The average molecular weight is 373 g/mol. The molecule has 2 aromatic carbocycles. The Balaban J connectivity index is 1.70. The van der Waals surface area contributed by atoms with Gasteiger partial charge in [-0.3, -0.25) is 4.79 Å². The molecule has 1 aromatic heterocycles. The number of nitrogens with zero attached hydrogens (tertiary/aromatic N) is 3. The zero-order chi connectivity index (χ0) is 19.5. The van der Waals surface area contributed by atoms with E-state index in [1.165, 1.54) is 18.0 Å². The maximum Gasteiger partial charge on any atom is 0.258 e. The fourth-order valence-electron chi connectivity index (χ4n) is 3.76. The number of para-hydroxylation sites is 2. The first kappa shape index (κ1) is 18.0. The molecule has 0 N–H and O–H groups in total. The van der Waals surface area contributed by atoms with Crippen LogP contribution >= 0.6 is 0 Å². The van der Waals surface area contributed by atoms with Crippen LogP contribution in [0.2, 0.25) is 0 Å². The molecule has 0 spiro atoms. The number of hydrogen-bond donors (Lipinski definition) is 0. The van der Waals surface area contributed by atoms with Crippen LogP contribution in [0.4, 0.5) is 11.4 Å². The van der Waals surface area contributed by atoms with Crippen molar-refractivity contribution >= 4 is 17.3 Å². The van der Waals surface area contributed by atoms with Crippen LogP contribution in [0.3, 0.4) is 0 Å². The van der Waals surface area contributed by atoms with Gasteiger partial charge >= 0.3 is 0 Å². The number of rotatable bonds is 3. The van der Waals surface area contributed by atoms with E-state index < -0.39 is 0 Å². The van der Waals surface area contributed by atoms with Crippen LogP contribution in [0.5, 0.6) is 0 Å². The Morgan fingerprint density at radius 2 is 1.61 bits per heavy atom. The molecule has 1 aliphatic heterocycles. The second-order valence-corrected chi connectivity index (χ2v) is 7.32. The molecule has 1 aliphatic rings. The SMILES string of the molecule is CC1CN(Cc2ccccc2)c2ccccc2N(C(=O)c2cc[n+]([O-])cc2)C1. The minimum Gasteiger partial charge on any atom is -0.619 e. The molecule has 4 rings (SSSR count). The first-order chi connectivity index (χ1) is 13.6. The maximum atomic E-state index is 13.2. The topological polar surface area (TPSA) is 50.5 Å². The average Bonchev–Trinajstić information content (AvgIpc) is 2.85. The van der Waals surface area contributed by atoms with E-state index in [0.717, 1.165) is 24.5 Å². The Morgan fingerprint density at radius 3 is 2.32 bits per heavy atom. The first-order valence-corrected chi connectivity index (χ1v) is 9.50. The van der Waals surface area contributed by atoms with Gasteiger partial charge in [-0.05, 0) is 23.6 Å². The number of anilines is 2. The van der Waals surface area contributed by atoms with Crippen molar-refractivity contribution in [2.24, 2.45) is 5.92 Å². The normalized spacial score (nSPS) is 16.4. The highest BCUT2D eigenvalue weighted by atomic mass is 16.5. The summed E-state index contributed by atoms with van der Waals surface area (Å²) < 4.78 is 0.692. The number of aromatic nitrogens is 1. The van der Waals surface area contributed by atoms with E-state index in [1.807, 2.05) is 29.2 Å². The van der Waals surface area contributed by atoms with Crippen molar-refractivity contribution in [2.75, 3.05) is 22.9 Å². The Hall–Kier alpha value is -3.34. The van der Waals surface area contributed by atoms with Crippen LogP contribution in [0, 0.1) is 11.1 Å². The molecule has 0 saturated carbocycles. The fraction of sp³-hybridized carbons (Fsp3) is 0.217. The first-order valence-electron chi connectivity index (χ1n) is 9.50. The molecule has 0 saturated heterocycles. The lowest BCUT2D eigenvalue weighted by atomic mass is 10.1. The van der Waals surface area contributed by atoms with Gasteiger partial charge in [0.1, 0.15) is 0 Å². The lowest BCUT2D eigenvalue weighted by Gasteiger charge is -2.27. The molecule has 0 fully saturated rings. The van der Waals surface area contributed by atoms with E-state index in [0.29, 0.717) is 22.8 Å². The summed E-state index contributed by atoms with van der Waals surface area (Å²) in [6, 6.07) is 21.6. The van der Waals surface area contributed by atoms with Crippen molar-refractivity contribution in [1.82, 2.24) is 0 Å². The second kappa shape index (κ2) is 7.72. The van der Waals surface area contributed by atoms with Crippen LogP contribution < -0.4 is 14.5 Å². The largest absolute Gasteiger partial charge is 0.619 e. The molecule has 0 radical (unpaired) electrons. The summed E-state index contributed by atoms with van der Waals surface area (Å²) in [7, 11) is 0. The molecular weight excluding hydrogens is 350 g/mol. The number of carbonyl (C=O) groups excluding carboxylic acids is 1. The maximum absolute atomic E-state index is 13.2. The van der Waals surface area contributed by atoms with E-state index in [1.54, 1.807) is 12.1 Å². The van der Waals surface area contributed by atoms with Gasteiger partial charge < -0.3 is 15.0 Å². The van der Waals surface area contributed by atoms with Crippen molar-refractivity contribution in [3.63, 3.8) is 0 Å². The number of benzene rings is 2. The van der Waals surface area contributed by atoms with Gasteiger partial charge in [0, 0.05) is 31.8 Å². The van der Waals surface area contributed by atoms with Crippen molar-refractivity contribution in [3.8, 4) is 0 Å². The van der Waals surface area contributed by atoms with Crippen LogP contribution in [0.15, 0.2) is 79.1 Å². The molecule has 2 heterocycles. The number of carbonyl (C=O) groups is 1. The molecule has 5 nitrogen and oxygen atoms in total. The van der Waals surface area contributed by atoms with E-state index in [2.05, 4.69) is 42.2 Å². The van der Waals surface area contributed by atoms with Gasteiger partial charge in [0.05, 0.1) is 16.9 Å². The minimum absolute atomic E-state index is 0.0820. The summed E-state index contributed by atoms with van der Waals surface area (Å²) >= 11 is 0. The number of fused-ring (bicyclic) bond motifs is 1. The Bertz CT molecular complexity index is 957. The van der Waals surface area contributed by atoms with Gasteiger partial charge in [-0.1, -0.05) is 49.4 Å². The van der Waals surface area contributed by atoms with E-state index in [9.17, 15) is 10.0 Å². The van der Waals surface area contributed by atoms with Crippen LogP contribution in [-0.2, 0) is 6.54 Å². The zero-order valence-corrected chi connectivity index (χ0v) is 15.9. The highest BCUT2D eigenvalue weighted by Crippen LogP contribution is 2.35. The Morgan fingerprint density at radius 1 is 0.964 bits per heavy atom. The van der Waals surface area contributed by atoms with Crippen molar-refractivity contribution in [3.05, 3.63) is 95.5 Å². The van der Waals surface area contributed by atoms with Gasteiger partial charge in [-0.15, -0.1) is 0 Å². The summed E-state index contributed by atoms with van der Waals surface area (Å²) in [4.78, 5) is 17.4. The highest BCUT2D eigenvalue weighted by Gasteiger charge is 2.28. The monoisotopic (exact) mass is 373 g/mol. The third-order valence-corrected chi connectivity index (χ3v) is 5.05. The number of hydrogen-bond acceptors (Lipinski definition) is 3. The molecule has 1 unspecified atom stereocenters. The van der Waals surface area contributed by atoms with Crippen molar-refractivity contribution < 1.29 is 9.52 Å². The van der Waals surface area contributed by atoms with Gasteiger partial charge in [0.2, 0.25) is 0 Å². The summed E-state index contributed by atoms with van der Waals surface area (Å²) in [5, 5.41) is 11.3. The Labute approximate surface area is 165 Å². The predicted octanol–water partition coefficient (Wildman–Crippen LogP) is 3.62. The Kier molecular flexibility index (Phi) is 4.98. The lowest BCUT2D eigenvalue weighted by Crippen LogP contribution is -2.35. The minimum atomic E-state index is -0.0820. The van der Waals surface area contributed by atoms with Gasteiger partial charge in [0.25, 0.3) is 5.91 Å². The third-order valence-electron chi connectivity index (χ3n) is 5.05. The molecule has 142 valence electrons. The molecule has 0 aliphatic carbocycles. The van der Waals surface area contributed by atoms with Crippen LogP contribution in [0.25, 0.3) is 0 Å². The lowest BCUT2D eigenvalue weighted by molar-refractivity contribution is -0.605. The summed E-state index contributed by atoms with van der Waals surface area (Å²) in [6.45, 7) is 4.46. The molecule has 1 amide bonds. The summed E-state index contributed by atoms with van der Waals surface area (Å²) in [5.74, 6) is 0.217. The summed E-state index contributed by atoms with van der Waals surface area (Å²) in [5.41, 5.74) is 3.73. The number of pyridine rings is 1. The van der Waals surface area contributed by atoms with E-state index in [-0.39, 0.29) is 5.91 Å². The quantitative estimate of drug-likeness (QED) is 0.520. The third kappa shape index (κ3) is 3.69. The summed E-state index contributed by atoms with van der Waals surface area (Å²) in [6.07, 6.45) is 2.73. The molecule has 3 aromatic rings. The standard InChI is InChI=1S/C23H23N3O2/c1-18-15-24(17-19-7-3-2-4-8-19)21-9-5-6-10-22(21)26(16-18)23(27)20-11-13-25(28)14-12-20/h2-14,18H,15-17H2,1H3. The molecule has 28 heavy (non-hydrogen) atoms. The van der Waals surface area contributed by atoms with Gasteiger partial charge in [0.15, 0.2) is 12.4 Å². The van der Waals surface area contributed by atoms with Crippen LogP contribution in [-0.4, -0.2) is 19.0 Å². The van der Waals surface area contributed by atoms with Gasteiger partial charge in [-0.25, -0.2) is 0 Å². The van der Waals surface area contributed by atoms with E-state index >= 15 is 0 Å². The fourth-order valence-corrected chi connectivity index (χ4v) is 3.76. The van der Waals surface area contributed by atoms with Crippen molar-refractivity contribution in [2.45, 2.75) is 13.5 Å². The van der Waals surface area contributed by atoms with E-state index in [4.69, 9.17) is 0 Å². The van der Waals surface area contributed by atoms with Crippen LogP contribution in [0.1, 0.15) is 22.8 Å². The molecule has 1 atom stereocenters. The molecular formula is C23H23N3O2. The van der Waals surface area contributed by atoms with Gasteiger partial charge in [-0.2, -0.15) is 4.73 Å². The molecule has 5 heteroatoms. The van der Waals surface area contributed by atoms with Crippen molar-refractivity contribution in [1.29, 1.82) is 0 Å². The second-order valence-electron chi connectivity index (χ2n) is 7.32. The number of amides is 1. The zero-order valence-electron chi connectivity index (χ0n) is 15.9. The smallest absolute Gasteiger partial charge is 0.258 e. The highest BCUT2D eigenvalue weighted by molar-refractivity contribution is 6.07. The molecule has 0 bridgehead atoms. The predicted molar refractivity (Wildman–Crippen MR) is 110 cm³/mol.